The van der Waals surface area contributed by atoms with Crippen molar-refractivity contribution in [3.63, 3.8) is 0 Å². The average Bonchev–Trinajstić information content (AvgIpc) is 3.51. The molecule has 5 rings (SSSR count). The summed E-state index contributed by atoms with van der Waals surface area (Å²) in [5.41, 5.74) is 3.45. The number of nitrogens with one attached hydrogen (secondary N) is 1. The fraction of sp³-hybridized carbons (Fsp3) is 0.259. The van der Waals surface area contributed by atoms with Crippen LogP contribution in [-0.2, 0) is 6.61 Å². The molecule has 1 N–H and O–H groups in total. The molecule has 0 spiro atoms. The molecule has 0 aliphatic heterocycles. The topological polar surface area (TPSA) is 60.3 Å². The average molecular weight is 493 g/mol. The molecule has 1 fully saturated rings. The minimum absolute atomic E-state index is 0.116. The Labute approximate surface area is 207 Å². The smallest absolute Gasteiger partial charge is 0.268 e. The number of fused-ring (bicyclic) bond motifs is 1. The molecule has 0 unspecified atom stereocenters. The molecule has 1 amide bonds. The van der Waals surface area contributed by atoms with Crippen LogP contribution in [0.3, 0.4) is 0 Å². The van der Waals surface area contributed by atoms with E-state index < -0.39 is 0 Å². The predicted octanol–water partition coefficient (Wildman–Crippen LogP) is 6.44. The van der Waals surface area contributed by atoms with Gasteiger partial charge < -0.3 is 10.1 Å². The number of aromatic nitrogens is 1. The van der Waals surface area contributed by atoms with E-state index in [0.717, 1.165) is 45.4 Å². The van der Waals surface area contributed by atoms with E-state index in [-0.39, 0.29) is 11.5 Å². The van der Waals surface area contributed by atoms with E-state index in [1.807, 2.05) is 52.5 Å². The normalized spacial score (nSPS) is 13.9. The van der Waals surface area contributed by atoms with Crippen LogP contribution in [0.1, 0.15) is 47.6 Å². The molecule has 1 aliphatic carbocycles. The van der Waals surface area contributed by atoms with Crippen LogP contribution in [-0.4, -0.2) is 16.9 Å². The second-order valence-electron chi connectivity index (χ2n) is 8.58. The maximum Gasteiger partial charge on any atom is 0.268 e. The number of benzene rings is 3. The highest BCUT2D eigenvalue weighted by Crippen LogP contribution is 2.33. The van der Waals surface area contributed by atoms with Crippen molar-refractivity contribution in [2.45, 2.75) is 38.3 Å². The molecule has 3 aromatic carbocycles. The summed E-state index contributed by atoms with van der Waals surface area (Å²) < 4.78 is 8.99. The minimum Gasteiger partial charge on any atom is -0.489 e. The predicted molar refractivity (Wildman–Crippen MR) is 138 cm³/mol. The Kier molecular flexibility index (Phi) is 6.44. The van der Waals surface area contributed by atoms with Gasteiger partial charge in [-0.2, -0.15) is 0 Å². The molecule has 1 aromatic heterocycles. The zero-order chi connectivity index (χ0) is 23.7. The standard InChI is InChI=1S/C27H25ClN2O3S/c1-29-26(31)23-14-19(9-12-24(23)28)18-6-4-5-17(13-18)16-33-21-10-11-22-25(15-21)34-30(27(22)32)20-7-2-3-8-20/h4-6,9-15,20H,2-3,7-8,16H2,1H3,(H,29,31). The third-order valence-electron chi connectivity index (χ3n) is 6.34. The maximum absolute atomic E-state index is 12.8. The van der Waals surface area contributed by atoms with Gasteiger partial charge in [0.2, 0.25) is 0 Å². The summed E-state index contributed by atoms with van der Waals surface area (Å²) >= 11 is 7.74. The van der Waals surface area contributed by atoms with Crippen molar-refractivity contribution in [1.82, 2.24) is 9.27 Å². The van der Waals surface area contributed by atoms with Gasteiger partial charge in [-0.1, -0.05) is 60.2 Å². The number of carbonyl (C=O) groups is 1. The third-order valence-corrected chi connectivity index (χ3v) is 7.87. The third kappa shape index (κ3) is 4.48. The number of amides is 1. The van der Waals surface area contributed by atoms with Gasteiger partial charge in [0, 0.05) is 13.1 Å². The highest BCUT2D eigenvalue weighted by molar-refractivity contribution is 7.13. The van der Waals surface area contributed by atoms with E-state index in [1.54, 1.807) is 30.7 Å². The van der Waals surface area contributed by atoms with Crippen LogP contribution in [0.4, 0.5) is 0 Å². The summed E-state index contributed by atoms with van der Waals surface area (Å²) in [4.78, 5) is 24.9. The number of halogens is 1. The monoisotopic (exact) mass is 492 g/mol. The Morgan fingerprint density at radius 1 is 1.09 bits per heavy atom. The van der Waals surface area contributed by atoms with Crippen molar-refractivity contribution in [1.29, 1.82) is 0 Å². The lowest BCUT2D eigenvalue weighted by atomic mass is 10.0. The maximum atomic E-state index is 12.8. The van der Waals surface area contributed by atoms with Gasteiger partial charge in [-0.3, -0.25) is 13.5 Å². The van der Waals surface area contributed by atoms with Gasteiger partial charge in [-0.15, -0.1) is 0 Å². The van der Waals surface area contributed by atoms with Gasteiger partial charge in [0.1, 0.15) is 12.4 Å². The van der Waals surface area contributed by atoms with E-state index in [4.69, 9.17) is 16.3 Å². The highest BCUT2D eigenvalue weighted by Gasteiger charge is 2.21. The first kappa shape index (κ1) is 22.7. The molecule has 0 radical (unpaired) electrons. The van der Waals surface area contributed by atoms with Crippen molar-refractivity contribution in [2.75, 3.05) is 7.05 Å². The van der Waals surface area contributed by atoms with Crippen LogP contribution >= 0.6 is 23.1 Å². The molecular weight excluding hydrogens is 468 g/mol. The minimum atomic E-state index is -0.217. The van der Waals surface area contributed by atoms with Gasteiger partial charge in [0.25, 0.3) is 11.5 Å². The molecule has 34 heavy (non-hydrogen) atoms. The molecule has 174 valence electrons. The highest BCUT2D eigenvalue weighted by atomic mass is 35.5. The largest absolute Gasteiger partial charge is 0.489 e. The first-order valence-electron chi connectivity index (χ1n) is 11.4. The first-order chi connectivity index (χ1) is 16.5. The zero-order valence-electron chi connectivity index (χ0n) is 18.8. The molecule has 1 heterocycles. The summed E-state index contributed by atoms with van der Waals surface area (Å²) in [5, 5.41) is 3.80. The van der Waals surface area contributed by atoms with Crippen molar-refractivity contribution >= 4 is 39.1 Å². The molecule has 7 heteroatoms. The Balaban J connectivity index is 1.34. The second-order valence-corrected chi connectivity index (χ2v) is 10.0. The van der Waals surface area contributed by atoms with Gasteiger partial charge in [0.15, 0.2) is 0 Å². The fourth-order valence-electron chi connectivity index (χ4n) is 4.51. The molecule has 5 nitrogen and oxygen atoms in total. The van der Waals surface area contributed by atoms with Gasteiger partial charge in [-0.25, -0.2) is 0 Å². The fourth-order valence-corrected chi connectivity index (χ4v) is 5.89. The zero-order valence-corrected chi connectivity index (χ0v) is 20.4. The molecule has 0 saturated heterocycles. The van der Waals surface area contributed by atoms with Gasteiger partial charge in [0.05, 0.1) is 20.7 Å². The lowest BCUT2D eigenvalue weighted by Crippen LogP contribution is -2.18. The lowest BCUT2D eigenvalue weighted by Gasteiger charge is -2.10. The van der Waals surface area contributed by atoms with Gasteiger partial charge >= 0.3 is 0 Å². The Bertz CT molecular complexity index is 1420. The van der Waals surface area contributed by atoms with Crippen LogP contribution in [0, 0.1) is 0 Å². The SMILES string of the molecule is CNC(=O)c1cc(-c2cccc(COc3ccc4c(=O)n(C5CCCC5)sc4c3)c2)ccc1Cl. The Hall–Kier alpha value is -3.09. The van der Waals surface area contributed by atoms with Crippen LogP contribution < -0.4 is 15.6 Å². The summed E-state index contributed by atoms with van der Waals surface area (Å²) in [6.45, 7) is 0.396. The van der Waals surface area contributed by atoms with Crippen molar-refractivity contribution in [3.05, 3.63) is 87.2 Å². The summed E-state index contributed by atoms with van der Waals surface area (Å²) in [7, 11) is 1.59. The number of rotatable bonds is 6. The van der Waals surface area contributed by atoms with Crippen molar-refractivity contribution in [3.8, 4) is 16.9 Å². The summed E-state index contributed by atoms with van der Waals surface area (Å²) in [6, 6.07) is 19.5. The molecule has 0 bridgehead atoms. The number of hydrogen-bond donors (Lipinski definition) is 1. The van der Waals surface area contributed by atoms with Crippen LogP contribution in [0.25, 0.3) is 21.2 Å². The van der Waals surface area contributed by atoms with Crippen LogP contribution in [0.5, 0.6) is 5.75 Å². The Morgan fingerprint density at radius 3 is 2.68 bits per heavy atom. The van der Waals surface area contributed by atoms with Gasteiger partial charge in [-0.05, 0) is 65.9 Å². The number of ether oxygens (including phenoxy) is 1. The molecule has 4 aromatic rings. The van der Waals surface area contributed by atoms with Crippen LogP contribution in [0.15, 0.2) is 65.5 Å². The van der Waals surface area contributed by atoms with E-state index in [2.05, 4.69) is 5.32 Å². The second kappa shape index (κ2) is 9.65. The molecular formula is C27H25ClN2O3S. The number of carbonyl (C=O) groups excluding carboxylic acids is 1. The molecule has 1 aliphatic rings. The van der Waals surface area contributed by atoms with Crippen molar-refractivity contribution < 1.29 is 9.53 Å². The van der Waals surface area contributed by atoms with Crippen LogP contribution in [0.2, 0.25) is 5.02 Å². The molecule has 1 saturated carbocycles. The molecule has 0 atom stereocenters. The first-order valence-corrected chi connectivity index (χ1v) is 12.6. The summed E-state index contributed by atoms with van der Waals surface area (Å²) in [5.74, 6) is 0.525. The quantitative estimate of drug-likeness (QED) is 0.337. The number of nitrogens with zero attached hydrogens (tertiary/aromatic N) is 1. The lowest BCUT2D eigenvalue weighted by molar-refractivity contribution is 0.0963. The van der Waals surface area contributed by atoms with Crippen molar-refractivity contribution in [2.24, 2.45) is 0 Å². The van der Waals surface area contributed by atoms with E-state index in [0.29, 0.717) is 23.2 Å². The number of hydrogen-bond acceptors (Lipinski definition) is 4. The van der Waals surface area contributed by atoms with E-state index in [1.165, 1.54) is 12.8 Å². The van der Waals surface area contributed by atoms with E-state index in [9.17, 15) is 9.59 Å². The Morgan fingerprint density at radius 2 is 1.88 bits per heavy atom. The van der Waals surface area contributed by atoms with E-state index >= 15 is 0 Å². The summed E-state index contributed by atoms with van der Waals surface area (Å²) in [6.07, 6.45) is 4.57.